The monoisotopic (exact) mass is 488 g/mol. The van der Waals surface area contributed by atoms with Crippen LogP contribution in [-0.2, 0) is 17.9 Å². The van der Waals surface area contributed by atoms with Crippen LogP contribution < -0.4 is 14.8 Å². The van der Waals surface area contributed by atoms with E-state index in [1.54, 1.807) is 0 Å². The van der Waals surface area contributed by atoms with E-state index < -0.39 is 0 Å². The van der Waals surface area contributed by atoms with Gasteiger partial charge in [0.25, 0.3) is 0 Å². The molecule has 0 bridgehead atoms. The van der Waals surface area contributed by atoms with Gasteiger partial charge in [0.1, 0.15) is 6.61 Å². The fraction of sp³-hybridized carbons (Fsp3) is 0.222. The van der Waals surface area contributed by atoms with Crippen molar-refractivity contribution >= 4 is 17.7 Å². The molecule has 1 heterocycles. The molecule has 8 heteroatoms. The molecular formula is C27H28N4O3S. The first kappa shape index (κ1) is 24.3. The topological polar surface area (TPSA) is 78.3 Å². The molecule has 1 amide bonds. The third kappa shape index (κ3) is 6.64. The summed E-state index contributed by atoms with van der Waals surface area (Å²) >= 11 is 1.34. The summed E-state index contributed by atoms with van der Waals surface area (Å²) in [4.78, 5) is 12.5. The van der Waals surface area contributed by atoms with E-state index in [2.05, 4.69) is 15.5 Å². The molecule has 0 aliphatic rings. The van der Waals surface area contributed by atoms with E-state index in [4.69, 9.17) is 9.47 Å². The fourth-order valence-corrected chi connectivity index (χ4v) is 4.25. The molecule has 0 aliphatic carbocycles. The summed E-state index contributed by atoms with van der Waals surface area (Å²) in [6.07, 6.45) is 0. The third-order valence-corrected chi connectivity index (χ3v) is 6.06. The largest absolute Gasteiger partial charge is 0.490 e. The predicted molar refractivity (Wildman–Crippen MR) is 137 cm³/mol. The molecule has 0 fully saturated rings. The second-order valence-corrected chi connectivity index (χ2v) is 8.74. The number of carbonyl (C=O) groups is 1. The summed E-state index contributed by atoms with van der Waals surface area (Å²) in [6, 6.07) is 25.5. The smallest absolute Gasteiger partial charge is 0.230 e. The Kier molecular flexibility index (Phi) is 8.40. The van der Waals surface area contributed by atoms with Gasteiger partial charge in [-0.3, -0.25) is 9.36 Å². The van der Waals surface area contributed by atoms with Crippen LogP contribution >= 0.6 is 11.8 Å². The summed E-state index contributed by atoms with van der Waals surface area (Å²) in [5, 5.41) is 12.3. The van der Waals surface area contributed by atoms with E-state index in [1.807, 2.05) is 97.3 Å². The second-order valence-electron chi connectivity index (χ2n) is 7.79. The minimum Gasteiger partial charge on any atom is -0.490 e. The number of thioether (sulfide) groups is 1. The molecule has 1 N–H and O–H groups in total. The van der Waals surface area contributed by atoms with Crippen molar-refractivity contribution in [3.8, 4) is 17.2 Å². The van der Waals surface area contributed by atoms with Crippen molar-refractivity contribution < 1.29 is 14.3 Å². The van der Waals surface area contributed by atoms with Gasteiger partial charge < -0.3 is 14.8 Å². The minimum atomic E-state index is -0.0692. The highest BCUT2D eigenvalue weighted by atomic mass is 32.2. The van der Waals surface area contributed by atoms with Gasteiger partial charge in [0, 0.05) is 12.2 Å². The number of ether oxygens (including phenoxy) is 2. The molecule has 4 rings (SSSR count). The number of hydrogen-bond donors (Lipinski definition) is 1. The quantitative estimate of drug-likeness (QED) is 0.301. The maximum absolute atomic E-state index is 12.5. The van der Waals surface area contributed by atoms with Gasteiger partial charge in [-0.15, -0.1) is 10.2 Å². The van der Waals surface area contributed by atoms with Crippen LogP contribution in [0.1, 0.15) is 23.9 Å². The Bertz CT molecular complexity index is 1250. The molecule has 3 aromatic carbocycles. The SMILES string of the molecule is CCOc1cc(C)ccc1OCc1nnc(SCC(=O)NCc2ccccc2)n1-c1ccccc1. The molecule has 0 unspecified atom stereocenters. The van der Waals surface area contributed by atoms with Gasteiger partial charge >= 0.3 is 0 Å². The summed E-state index contributed by atoms with van der Waals surface area (Å²) < 4.78 is 13.7. The van der Waals surface area contributed by atoms with E-state index in [9.17, 15) is 4.79 Å². The molecule has 7 nitrogen and oxygen atoms in total. The number of nitrogens with one attached hydrogen (secondary N) is 1. The van der Waals surface area contributed by atoms with Crippen LogP contribution in [0.15, 0.2) is 84.0 Å². The number of nitrogens with zero attached hydrogens (tertiary/aromatic N) is 3. The zero-order chi connectivity index (χ0) is 24.5. The second kappa shape index (κ2) is 12.1. The number of carbonyl (C=O) groups excluding carboxylic acids is 1. The Labute approximate surface area is 209 Å². The molecule has 0 spiro atoms. The number of para-hydroxylation sites is 1. The number of aryl methyl sites for hydroxylation is 1. The van der Waals surface area contributed by atoms with Gasteiger partial charge in [-0.25, -0.2) is 0 Å². The Balaban J connectivity index is 1.47. The number of rotatable bonds is 11. The van der Waals surface area contributed by atoms with Crippen LogP contribution in [0.3, 0.4) is 0 Å². The van der Waals surface area contributed by atoms with Gasteiger partial charge in [-0.1, -0.05) is 66.4 Å². The summed E-state index contributed by atoms with van der Waals surface area (Å²) in [5.74, 6) is 2.13. The van der Waals surface area contributed by atoms with Crippen molar-refractivity contribution in [2.45, 2.75) is 32.2 Å². The predicted octanol–water partition coefficient (Wildman–Crippen LogP) is 4.96. The molecule has 0 saturated carbocycles. The first-order valence-corrected chi connectivity index (χ1v) is 12.4. The zero-order valence-electron chi connectivity index (χ0n) is 19.8. The van der Waals surface area contributed by atoms with Crippen molar-refractivity contribution in [2.75, 3.05) is 12.4 Å². The first-order valence-electron chi connectivity index (χ1n) is 11.4. The Morgan fingerprint density at radius 1 is 0.943 bits per heavy atom. The minimum absolute atomic E-state index is 0.0692. The Hall–Kier alpha value is -3.78. The molecule has 1 aromatic heterocycles. The van der Waals surface area contributed by atoms with Gasteiger partial charge in [-0.2, -0.15) is 0 Å². The average molecular weight is 489 g/mol. The molecule has 0 aliphatic heterocycles. The van der Waals surface area contributed by atoms with E-state index in [0.717, 1.165) is 16.8 Å². The van der Waals surface area contributed by atoms with Crippen molar-refractivity contribution in [3.05, 3.63) is 95.8 Å². The normalized spacial score (nSPS) is 10.7. The lowest BCUT2D eigenvalue weighted by atomic mass is 10.2. The van der Waals surface area contributed by atoms with Crippen molar-refractivity contribution in [1.82, 2.24) is 20.1 Å². The molecule has 35 heavy (non-hydrogen) atoms. The van der Waals surface area contributed by atoms with Crippen LogP contribution in [-0.4, -0.2) is 33.0 Å². The van der Waals surface area contributed by atoms with E-state index in [-0.39, 0.29) is 18.3 Å². The highest BCUT2D eigenvalue weighted by molar-refractivity contribution is 7.99. The van der Waals surface area contributed by atoms with E-state index in [1.165, 1.54) is 11.8 Å². The molecule has 0 radical (unpaired) electrons. The van der Waals surface area contributed by atoms with Gasteiger partial charge in [0.2, 0.25) is 5.91 Å². The van der Waals surface area contributed by atoms with Crippen molar-refractivity contribution in [2.24, 2.45) is 0 Å². The molecule has 4 aromatic rings. The van der Waals surface area contributed by atoms with Crippen LogP contribution in [0.25, 0.3) is 5.69 Å². The van der Waals surface area contributed by atoms with E-state index >= 15 is 0 Å². The molecule has 180 valence electrons. The van der Waals surface area contributed by atoms with Crippen molar-refractivity contribution in [1.29, 1.82) is 0 Å². The van der Waals surface area contributed by atoms with Gasteiger partial charge in [0.05, 0.1) is 12.4 Å². The van der Waals surface area contributed by atoms with Crippen LogP contribution in [0.5, 0.6) is 11.5 Å². The molecule has 0 saturated heterocycles. The lowest BCUT2D eigenvalue weighted by molar-refractivity contribution is -0.118. The first-order chi connectivity index (χ1) is 17.1. The molecule has 0 atom stereocenters. The van der Waals surface area contributed by atoms with Gasteiger partial charge in [-0.05, 0) is 49.2 Å². The lowest BCUT2D eigenvalue weighted by Crippen LogP contribution is -2.24. The van der Waals surface area contributed by atoms with Crippen molar-refractivity contribution in [3.63, 3.8) is 0 Å². The molecular weight excluding hydrogens is 460 g/mol. The fourth-order valence-electron chi connectivity index (χ4n) is 3.45. The summed E-state index contributed by atoms with van der Waals surface area (Å²) in [7, 11) is 0. The van der Waals surface area contributed by atoms with Crippen LogP contribution in [0, 0.1) is 6.92 Å². The van der Waals surface area contributed by atoms with E-state index in [0.29, 0.717) is 35.6 Å². The summed E-state index contributed by atoms with van der Waals surface area (Å²) in [6.45, 7) is 5.19. The number of aromatic nitrogens is 3. The highest BCUT2D eigenvalue weighted by Gasteiger charge is 2.17. The maximum atomic E-state index is 12.5. The zero-order valence-corrected chi connectivity index (χ0v) is 20.6. The lowest BCUT2D eigenvalue weighted by Gasteiger charge is -2.14. The Morgan fingerprint density at radius 2 is 1.69 bits per heavy atom. The van der Waals surface area contributed by atoms with Crippen LogP contribution in [0.4, 0.5) is 0 Å². The average Bonchev–Trinajstić information content (AvgIpc) is 3.30. The number of amides is 1. The number of hydrogen-bond acceptors (Lipinski definition) is 6. The van der Waals surface area contributed by atoms with Crippen LogP contribution in [0.2, 0.25) is 0 Å². The third-order valence-electron chi connectivity index (χ3n) is 5.14. The number of benzene rings is 3. The summed E-state index contributed by atoms with van der Waals surface area (Å²) in [5.41, 5.74) is 3.05. The Morgan fingerprint density at radius 3 is 2.43 bits per heavy atom. The standard InChI is InChI=1S/C27H28N4O3S/c1-3-33-24-16-20(2)14-15-23(24)34-18-25-29-30-27(31(25)22-12-8-5-9-13-22)35-19-26(32)28-17-21-10-6-4-7-11-21/h4-16H,3,17-19H2,1-2H3,(H,28,32). The van der Waals surface area contributed by atoms with Gasteiger partial charge in [0.15, 0.2) is 22.5 Å². The highest BCUT2D eigenvalue weighted by Crippen LogP contribution is 2.30. The maximum Gasteiger partial charge on any atom is 0.230 e.